The van der Waals surface area contributed by atoms with Gasteiger partial charge in [-0.2, -0.15) is 0 Å². The topological polar surface area (TPSA) is 12.0 Å². The van der Waals surface area contributed by atoms with Crippen LogP contribution in [0.3, 0.4) is 0 Å². The molecule has 1 aliphatic carbocycles. The van der Waals surface area contributed by atoms with Gasteiger partial charge in [-0.3, -0.25) is 0 Å². The molecule has 1 aromatic carbocycles. The summed E-state index contributed by atoms with van der Waals surface area (Å²) in [6, 6.07) is 3.61. The van der Waals surface area contributed by atoms with E-state index in [0.29, 0.717) is 16.5 Å². The van der Waals surface area contributed by atoms with Crippen LogP contribution in [0, 0.1) is 18.7 Å². The average Bonchev–Trinajstić information content (AvgIpc) is 2.20. The minimum Gasteiger partial charge on any atom is -0.310 e. The van der Waals surface area contributed by atoms with E-state index in [1.54, 1.807) is 6.92 Å². The number of aryl methyl sites for hydroxylation is 1. The van der Waals surface area contributed by atoms with Crippen molar-refractivity contribution in [1.29, 1.82) is 0 Å². The molecule has 3 heteroatoms. The van der Waals surface area contributed by atoms with Crippen LogP contribution in [0.1, 0.15) is 43.4 Å². The van der Waals surface area contributed by atoms with Crippen LogP contribution in [-0.4, -0.2) is 6.54 Å². The van der Waals surface area contributed by atoms with Gasteiger partial charge >= 0.3 is 0 Å². The van der Waals surface area contributed by atoms with Crippen molar-refractivity contribution in [2.24, 2.45) is 5.92 Å². The lowest BCUT2D eigenvalue weighted by Gasteiger charge is -2.35. The van der Waals surface area contributed by atoms with E-state index in [1.165, 1.54) is 25.3 Å². The van der Waals surface area contributed by atoms with Crippen LogP contribution in [0.2, 0.25) is 5.02 Å². The summed E-state index contributed by atoms with van der Waals surface area (Å²) >= 11 is 6.18. The van der Waals surface area contributed by atoms with Crippen molar-refractivity contribution < 1.29 is 4.39 Å². The third-order valence-electron chi connectivity index (χ3n) is 3.66. The first-order valence-electron chi connectivity index (χ1n) is 6.32. The zero-order valence-electron chi connectivity index (χ0n) is 10.4. The monoisotopic (exact) mass is 255 g/mol. The quantitative estimate of drug-likeness (QED) is 0.849. The summed E-state index contributed by atoms with van der Waals surface area (Å²) in [5.41, 5.74) is 1.73. The van der Waals surface area contributed by atoms with Crippen LogP contribution in [0.25, 0.3) is 0 Å². The first-order valence-corrected chi connectivity index (χ1v) is 6.70. The molecule has 17 heavy (non-hydrogen) atoms. The van der Waals surface area contributed by atoms with Crippen molar-refractivity contribution in [3.63, 3.8) is 0 Å². The Labute approximate surface area is 107 Å². The standard InChI is InChI=1S/C14H19ClFN/c1-3-17-14(10-5-4-6-10)11-7-9(2)13(16)8-12(11)15/h7-8,10,14,17H,3-6H2,1-2H3. The molecule has 94 valence electrons. The summed E-state index contributed by atoms with van der Waals surface area (Å²) in [6.07, 6.45) is 3.78. The Morgan fingerprint density at radius 3 is 2.71 bits per heavy atom. The predicted octanol–water partition coefficient (Wildman–Crippen LogP) is 4.24. The van der Waals surface area contributed by atoms with Gasteiger partial charge in [0.25, 0.3) is 0 Å². The maximum Gasteiger partial charge on any atom is 0.127 e. The molecule has 1 aliphatic rings. The molecule has 1 N–H and O–H groups in total. The third kappa shape index (κ3) is 2.63. The van der Waals surface area contributed by atoms with Crippen LogP contribution < -0.4 is 5.32 Å². The van der Waals surface area contributed by atoms with Crippen LogP contribution in [-0.2, 0) is 0 Å². The smallest absolute Gasteiger partial charge is 0.127 e. The molecular weight excluding hydrogens is 237 g/mol. The van der Waals surface area contributed by atoms with Crippen LogP contribution in [0.4, 0.5) is 4.39 Å². The minimum absolute atomic E-state index is 0.220. The Bertz CT molecular complexity index is 401. The second kappa shape index (κ2) is 5.36. The molecule has 1 atom stereocenters. The minimum atomic E-state index is -0.220. The highest BCUT2D eigenvalue weighted by molar-refractivity contribution is 6.31. The largest absolute Gasteiger partial charge is 0.310 e. The Morgan fingerprint density at radius 2 is 2.18 bits per heavy atom. The van der Waals surface area contributed by atoms with Crippen LogP contribution in [0.5, 0.6) is 0 Å². The van der Waals surface area contributed by atoms with E-state index in [9.17, 15) is 4.39 Å². The van der Waals surface area contributed by atoms with Gasteiger partial charge in [0.2, 0.25) is 0 Å². The van der Waals surface area contributed by atoms with Gasteiger partial charge in [0.15, 0.2) is 0 Å². The maximum atomic E-state index is 13.4. The molecule has 1 saturated carbocycles. The lowest BCUT2D eigenvalue weighted by atomic mass is 9.77. The van der Waals surface area contributed by atoms with Gasteiger partial charge in [-0.25, -0.2) is 4.39 Å². The fourth-order valence-electron chi connectivity index (χ4n) is 2.44. The normalized spacial score (nSPS) is 17.9. The zero-order valence-corrected chi connectivity index (χ0v) is 11.1. The average molecular weight is 256 g/mol. The molecule has 0 bridgehead atoms. The number of benzene rings is 1. The Morgan fingerprint density at radius 1 is 1.47 bits per heavy atom. The van der Waals surface area contributed by atoms with E-state index < -0.39 is 0 Å². The van der Waals surface area contributed by atoms with Crippen LogP contribution >= 0.6 is 11.6 Å². The van der Waals surface area contributed by atoms with Crippen molar-refractivity contribution in [3.8, 4) is 0 Å². The fourth-order valence-corrected chi connectivity index (χ4v) is 2.71. The van der Waals surface area contributed by atoms with E-state index >= 15 is 0 Å². The summed E-state index contributed by atoms with van der Waals surface area (Å²) < 4.78 is 13.4. The molecular formula is C14H19ClFN. The molecule has 0 spiro atoms. The zero-order chi connectivity index (χ0) is 12.4. The molecule has 0 amide bonds. The highest BCUT2D eigenvalue weighted by atomic mass is 35.5. The molecule has 0 radical (unpaired) electrons. The lowest BCUT2D eigenvalue weighted by Crippen LogP contribution is -2.32. The van der Waals surface area contributed by atoms with Gasteiger partial charge in [-0.1, -0.05) is 31.0 Å². The Kier molecular flexibility index (Phi) is 4.05. The van der Waals surface area contributed by atoms with Crippen molar-refractivity contribution in [3.05, 3.63) is 34.1 Å². The highest BCUT2D eigenvalue weighted by Gasteiger charge is 2.29. The summed E-state index contributed by atoms with van der Waals surface area (Å²) in [4.78, 5) is 0. The molecule has 2 rings (SSSR count). The lowest BCUT2D eigenvalue weighted by molar-refractivity contribution is 0.233. The number of nitrogens with one attached hydrogen (secondary N) is 1. The summed E-state index contributed by atoms with van der Waals surface area (Å²) in [5, 5.41) is 4.03. The van der Waals surface area contributed by atoms with Gasteiger partial charge in [-0.15, -0.1) is 0 Å². The molecule has 1 aromatic rings. The molecule has 0 saturated heterocycles. The number of rotatable bonds is 4. The maximum absolute atomic E-state index is 13.4. The fraction of sp³-hybridized carbons (Fsp3) is 0.571. The second-order valence-electron chi connectivity index (χ2n) is 4.85. The summed E-state index contributed by atoms with van der Waals surface area (Å²) in [6.45, 7) is 4.79. The Hall–Kier alpha value is -0.600. The summed E-state index contributed by atoms with van der Waals surface area (Å²) in [7, 11) is 0. The molecule has 0 aliphatic heterocycles. The van der Waals surface area contributed by atoms with Crippen molar-refractivity contribution in [2.45, 2.75) is 39.2 Å². The predicted molar refractivity (Wildman–Crippen MR) is 69.9 cm³/mol. The molecule has 1 nitrogen and oxygen atoms in total. The Balaban J connectivity index is 2.31. The van der Waals surface area contributed by atoms with Gasteiger partial charge in [0, 0.05) is 11.1 Å². The number of hydrogen-bond donors (Lipinski definition) is 1. The van der Waals surface area contributed by atoms with Gasteiger partial charge in [-0.05, 0) is 49.4 Å². The van der Waals surface area contributed by atoms with Crippen LogP contribution in [0.15, 0.2) is 12.1 Å². The van der Waals surface area contributed by atoms with E-state index in [2.05, 4.69) is 12.2 Å². The van der Waals surface area contributed by atoms with Crippen molar-refractivity contribution in [2.75, 3.05) is 6.54 Å². The van der Waals surface area contributed by atoms with E-state index in [1.807, 2.05) is 6.07 Å². The SMILES string of the molecule is CCNC(c1cc(C)c(F)cc1Cl)C1CCC1. The third-order valence-corrected chi connectivity index (χ3v) is 3.99. The highest BCUT2D eigenvalue weighted by Crippen LogP contribution is 2.40. The van der Waals surface area contributed by atoms with E-state index in [0.717, 1.165) is 12.1 Å². The molecule has 1 fully saturated rings. The van der Waals surface area contributed by atoms with Gasteiger partial charge in [0.05, 0.1) is 0 Å². The number of hydrogen-bond acceptors (Lipinski definition) is 1. The first kappa shape index (κ1) is 12.8. The molecule has 0 aromatic heterocycles. The number of halogens is 2. The first-order chi connectivity index (χ1) is 8.13. The molecule has 0 heterocycles. The molecule has 1 unspecified atom stereocenters. The van der Waals surface area contributed by atoms with Gasteiger partial charge < -0.3 is 5.32 Å². The van der Waals surface area contributed by atoms with E-state index in [4.69, 9.17) is 11.6 Å². The summed E-state index contributed by atoms with van der Waals surface area (Å²) in [5.74, 6) is 0.430. The van der Waals surface area contributed by atoms with Crippen molar-refractivity contribution in [1.82, 2.24) is 5.32 Å². The van der Waals surface area contributed by atoms with Crippen molar-refractivity contribution >= 4 is 11.6 Å². The van der Waals surface area contributed by atoms with E-state index in [-0.39, 0.29) is 11.9 Å². The second-order valence-corrected chi connectivity index (χ2v) is 5.26. The van der Waals surface area contributed by atoms with Gasteiger partial charge in [0.1, 0.15) is 5.82 Å².